The average Bonchev–Trinajstić information content (AvgIpc) is 2.63. The van der Waals surface area contributed by atoms with Crippen LogP contribution < -0.4 is 10.6 Å². The Morgan fingerprint density at radius 2 is 2.27 bits per heavy atom. The smallest absolute Gasteiger partial charge is 0.271 e. The van der Waals surface area contributed by atoms with Gasteiger partial charge in [0.2, 0.25) is 5.91 Å². The topological polar surface area (TPSA) is 71.1 Å². The van der Waals surface area contributed by atoms with Gasteiger partial charge in [-0.2, -0.15) is 0 Å². The molecular weight excluding hydrogens is 329 g/mol. The van der Waals surface area contributed by atoms with Crippen LogP contribution in [0.1, 0.15) is 17.4 Å². The van der Waals surface area contributed by atoms with Crippen molar-refractivity contribution in [2.75, 3.05) is 7.05 Å². The number of aromatic nitrogens is 1. The zero-order chi connectivity index (χ0) is 11.4. The number of nitrogens with one attached hydrogen (secondary N) is 2. The van der Waals surface area contributed by atoms with E-state index in [-0.39, 0.29) is 11.8 Å². The maximum atomic E-state index is 11.5. The first-order valence-electron chi connectivity index (χ1n) is 4.18. The first-order chi connectivity index (χ1) is 7.04. The predicted molar refractivity (Wildman–Crippen MR) is 65.8 cm³/mol. The minimum atomic E-state index is -0.554. The summed E-state index contributed by atoms with van der Waals surface area (Å²) in [4.78, 5) is 26.7. The van der Waals surface area contributed by atoms with Crippen LogP contribution in [-0.2, 0) is 4.79 Å². The molecule has 1 heterocycles. The van der Waals surface area contributed by atoms with E-state index < -0.39 is 6.04 Å². The number of thiazole rings is 1. The van der Waals surface area contributed by atoms with Crippen molar-refractivity contribution in [1.29, 1.82) is 0 Å². The quantitative estimate of drug-likeness (QED) is 0.793. The second-order valence-corrected chi connectivity index (χ2v) is 5.41. The zero-order valence-electron chi connectivity index (χ0n) is 8.20. The number of hydrogen-bond acceptors (Lipinski definition) is 4. The molecule has 0 saturated heterocycles. The number of nitrogens with zero attached hydrogens (tertiary/aromatic N) is 1. The minimum Gasteiger partial charge on any atom is -0.357 e. The molecule has 2 amide bonds. The van der Waals surface area contributed by atoms with Crippen LogP contribution in [0.2, 0.25) is 0 Å². The van der Waals surface area contributed by atoms with Crippen molar-refractivity contribution < 1.29 is 9.59 Å². The summed E-state index contributed by atoms with van der Waals surface area (Å²) >= 11 is 3.42. The van der Waals surface area contributed by atoms with Crippen molar-refractivity contribution in [3.63, 3.8) is 0 Å². The van der Waals surface area contributed by atoms with Crippen LogP contribution in [0.3, 0.4) is 0 Å². The molecule has 0 saturated carbocycles. The van der Waals surface area contributed by atoms with Gasteiger partial charge in [0.15, 0.2) is 3.01 Å². The molecule has 1 aromatic heterocycles. The Morgan fingerprint density at radius 3 is 2.73 bits per heavy atom. The van der Waals surface area contributed by atoms with Crippen LogP contribution in [0.25, 0.3) is 0 Å². The van der Waals surface area contributed by atoms with E-state index in [1.165, 1.54) is 18.4 Å². The van der Waals surface area contributed by atoms with Crippen molar-refractivity contribution >= 4 is 45.7 Å². The SMILES string of the molecule is CNC(=O)[C@@H](C)NC(=O)c1csc(I)n1. The van der Waals surface area contributed by atoms with Crippen LogP contribution in [0, 0.1) is 3.01 Å². The number of carbonyl (C=O) groups excluding carboxylic acids is 2. The van der Waals surface area contributed by atoms with Gasteiger partial charge in [-0.05, 0) is 29.5 Å². The fourth-order valence-electron chi connectivity index (χ4n) is 0.909. The van der Waals surface area contributed by atoms with E-state index >= 15 is 0 Å². The van der Waals surface area contributed by atoms with Gasteiger partial charge in [0, 0.05) is 12.4 Å². The highest BCUT2D eigenvalue weighted by Gasteiger charge is 2.16. The Morgan fingerprint density at radius 1 is 1.60 bits per heavy atom. The van der Waals surface area contributed by atoms with Crippen molar-refractivity contribution in [2.24, 2.45) is 0 Å². The molecule has 82 valence electrons. The molecule has 1 rings (SSSR count). The Hall–Kier alpha value is -0.700. The van der Waals surface area contributed by atoms with E-state index in [0.717, 1.165) is 3.01 Å². The Kier molecular flexibility index (Phi) is 4.45. The van der Waals surface area contributed by atoms with Crippen LogP contribution >= 0.6 is 33.9 Å². The summed E-state index contributed by atoms with van der Waals surface area (Å²) in [5.41, 5.74) is 0.347. The van der Waals surface area contributed by atoms with Gasteiger partial charge in [-0.3, -0.25) is 9.59 Å². The van der Waals surface area contributed by atoms with Gasteiger partial charge in [0.05, 0.1) is 0 Å². The molecule has 0 bridgehead atoms. The molecule has 2 N–H and O–H groups in total. The summed E-state index contributed by atoms with van der Waals surface area (Å²) in [5, 5.41) is 6.66. The fraction of sp³-hybridized carbons (Fsp3) is 0.375. The molecule has 0 aliphatic heterocycles. The second kappa shape index (κ2) is 5.40. The van der Waals surface area contributed by atoms with Gasteiger partial charge in [-0.25, -0.2) is 4.98 Å². The van der Waals surface area contributed by atoms with Gasteiger partial charge in [-0.1, -0.05) is 0 Å². The molecule has 0 aliphatic rings. The summed E-state index contributed by atoms with van der Waals surface area (Å²) < 4.78 is 0.797. The molecule has 0 unspecified atom stereocenters. The lowest BCUT2D eigenvalue weighted by molar-refractivity contribution is -0.122. The monoisotopic (exact) mass is 339 g/mol. The van der Waals surface area contributed by atoms with Crippen LogP contribution in [-0.4, -0.2) is 29.9 Å². The Balaban J connectivity index is 2.60. The molecule has 0 radical (unpaired) electrons. The first-order valence-corrected chi connectivity index (χ1v) is 6.14. The molecule has 0 aliphatic carbocycles. The zero-order valence-corrected chi connectivity index (χ0v) is 11.2. The maximum Gasteiger partial charge on any atom is 0.271 e. The highest BCUT2D eigenvalue weighted by Crippen LogP contribution is 2.11. The molecule has 1 atom stereocenters. The van der Waals surface area contributed by atoms with E-state index in [1.54, 1.807) is 12.3 Å². The van der Waals surface area contributed by atoms with E-state index in [0.29, 0.717) is 5.69 Å². The maximum absolute atomic E-state index is 11.5. The first kappa shape index (κ1) is 12.4. The summed E-state index contributed by atoms with van der Waals surface area (Å²) in [6.45, 7) is 1.62. The van der Waals surface area contributed by atoms with Crippen molar-refractivity contribution in [3.05, 3.63) is 14.1 Å². The summed E-state index contributed by atoms with van der Waals surface area (Å²) in [6.07, 6.45) is 0. The molecule has 7 heteroatoms. The van der Waals surface area contributed by atoms with Gasteiger partial charge in [-0.15, -0.1) is 11.3 Å². The fourth-order valence-corrected chi connectivity index (χ4v) is 2.07. The summed E-state index contributed by atoms with van der Waals surface area (Å²) in [7, 11) is 1.52. The molecule has 15 heavy (non-hydrogen) atoms. The molecule has 1 aromatic rings. The van der Waals surface area contributed by atoms with E-state index in [4.69, 9.17) is 0 Å². The van der Waals surface area contributed by atoms with Gasteiger partial charge in [0.25, 0.3) is 5.91 Å². The Bertz CT molecular complexity index is 380. The van der Waals surface area contributed by atoms with Crippen molar-refractivity contribution in [1.82, 2.24) is 15.6 Å². The third-order valence-corrected chi connectivity index (χ3v) is 3.33. The van der Waals surface area contributed by atoms with Crippen LogP contribution in [0.5, 0.6) is 0 Å². The lowest BCUT2D eigenvalue weighted by Crippen LogP contribution is -2.43. The summed E-state index contributed by atoms with van der Waals surface area (Å²) in [5.74, 6) is -0.557. The third kappa shape index (κ3) is 3.42. The van der Waals surface area contributed by atoms with Crippen LogP contribution in [0.15, 0.2) is 5.38 Å². The van der Waals surface area contributed by atoms with E-state index in [1.807, 2.05) is 22.6 Å². The number of rotatable bonds is 3. The van der Waals surface area contributed by atoms with Gasteiger partial charge in [0.1, 0.15) is 11.7 Å². The third-order valence-electron chi connectivity index (χ3n) is 1.70. The molecular formula is C8H10IN3O2S. The normalized spacial score (nSPS) is 11.9. The molecule has 0 aromatic carbocycles. The molecule has 0 fully saturated rings. The second-order valence-electron chi connectivity index (χ2n) is 2.80. The average molecular weight is 339 g/mol. The van der Waals surface area contributed by atoms with Gasteiger partial charge < -0.3 is 10.6 Å². The number of carbonyl (C=O) groups is 2. The lowest BCUT2D eigenvalue weighted by atomic mass is 10.3. The van der Waals surface area contributed by atoms with E-state index in [9.17, 15) is 9.59 Å². The molecule has 5 nitrogen and oxygen atoms in total. The summed E-state index contributed by atoms with van der Waals surface area (Å²) in [6, 6.07) is -0.554. The van der Waals surface area contributed by atoms with E-state index in [2.05, 4.69) is 15.6 Å². The standard InChI is InChI=1S/C8H10IN3O2S/c1-4(6(13)10-2)11-7(14)5-3-15-8(9)12-5/h3-4H,1-2H3,(H,10,13)(H,11,14)/t4-/m1/s1. The van der Waals surface area contributed by atoms with Crippen molar-refractivity contribution in [2.45, 2.75) is 13.0 Å². The number of hydrogen-bond donors (Lipinski definition) is 2. The van der Waals surface area contributed by atoms with Crippen LogP contribution in [0.4, 0.5) is 0 Å². The number of halogens is 1. The van der Waals surface area contributed by atoms with Crippen molar-refractivity contribution in [3.8, 4) is 0 Å². The van der Waals surface area contributed by atoms with Gasteiger partial charge >= 0.3 is 0 Å². The largest absolute Gasteiger partial charge is 0.357 e. The number of amides is 2. The highest BCUT2D eigenvalue weighted by atomic mass is 127. The molecule has 0 spiro atoms. The lowest BCUT2D eigenvalue weighted by Gasteiger charge is -2.10. The highest BCUT2D eigenvalue weighted by molar-refractivity contribution is 14.1. The predicted octanol–water partition coefficient (Wildman–Crippen LogP) is 0.612. The number of likely N-dealkylation sites (N-methyl/N-ethyl adjacent to an activating group) is 1. The Labute approximate surface area is 105 Å². The minimum absolute atomic E-state index is 0.228.